The quantitative estimate of drug-likeness (QED) is 0.638. The number of hydrogen-bond acceptors (Lipinski definition) is 2. The molecule has 16 heavy (non-hydrogen) atoms. The molecule has 2 N–H and O–H groups in total. The molecule has 1 saturated heterocycles. The lowest BCUT2D eigenvalue weighted by atomic mass is 9.86. The van der Waals surface area contributed by atoms with Crippen molar-refractivity contribution in [3.63, 3.8) is 0 Å². The summed E-state index contributed by atoms with van der Waals surface area (Å²) in [6.07, 6.45) is 11.3. The fourth-order valence-corrected chi connectivity index (χ4v) is 3.76. The maximum Gasteiger partial charge on any atom is 0.0719 e. The van der Waals surface area contributed by atoms with Crippen LogP contribution in [0.4, 0.5) is 0 Å². The normalized spacial score (nSPS) is 38.4. The molecule has 1 aliphatic heterocycles. The van der Waals surface area contributed by atoms with E-state index in [1.165, 1.54) is 51.4 Å². The highest BCUT2D eigenvalue weighted by molar-refractivity contribution is 5.23. The second kappa shape index (κ2) is 4.15. The SMILES string of the molecule is NC1CCC(=C2CCOC3(CCCC3)C2)C1. The van der Waals surface area contributed by atoms with Crippen LogP contribution >= 0.6 is 0 Å². The predicted molar refractivity (Wildman–Crippen MR) is 65.2 cm³/mol. The summed E-state index contributed by atoms with van der Waals surface area (Å²) in [5, 5.41) is 0. The third kappa shape index (κ3) is 1.93. The van der Waals surface area contributed by atoms with E-state index in [2.05, 4.69) is 0 Å². The number of ether oxygens (including phenoxy) is 1. The average molecular weight is 221 g/mol. The Hall–Kier alpha value is -0.340. The van der Waals surface area contributed by atoms with Gasteiger partial charge < -0.3 is 10.5 Å². The number of hydrogen-bond donors (Lipinski definition) is 1. The van der Waals surface area contributed by atoms with Gasteiger partial charge in [0, 0.05) is 6.04 Å². The molecular weight excluding hydrogens is 198 g/mol. The van der Waals surface area contributed by atoms with E-state index in [9.17, 15) is 0 Å². The smallest absolute Gasteiger partial charge is 0.0719 e. The molecule has 1 spiro atoms. The van der Waals surface area contributed by atoms with E-state index >= 15 is 0 Å². The van der Waals surface area contributed by atoms with E-state index in [0.717, 1.165) is 13.0 Å². The lowest BCUT2D eigenvalue weighted by Crippen LogP contribution is -2.34. The van der Waals surface area contributed by atoms with Gasteiger partial charge in [-0.2, -0.15) is 0 Å². The fourth-order valence-electron chi connectivity index (χ4n) is 3.76. The molecule has 2 aliphatic carbocycles. The van der Waals surface area contributed by atoms with E-state index in [4.69, 9.17) is 10.5 Å². The van der Waals surface area contributed by atoms with Crippen molar-refractivity contribution in [1.29, 1.82) is 0 Å². The molecule has 0 amide bonds. The van der Waals surface area contributed by atoms with Crippen LogP contribution < -0.4 is 5.73 Å². The molecule has 3 fully saturated rings. The maximum absolute atomic E-state index is 6.08. The van der Waals surface area contributed by atoms with Crippen LogP contribution in [0, 0.1) is 0 Å². The van der Waals surface area contributed by atoms with Gasteiger partial charge in [0.05, 0.1) is 12.2 Å². The Morgan fingerprint density at radius 2 is 1.94 bits per heavy atom. The van der Waals surface area contributed by atoms with Crippen LogP contribution in [0.2, 0.25) is 0 Å². The monoisotopic (exact) mass is 221 g/mol. The number of rotatable bonds is 0. The Balaban J connectivity index is 1.77. The largest absolute Gasteiger partial charge is 0.374 e. The Kier molecular flexibility index (Phi) is 2.80. The summed E-state index contributed by atoms with van der Waals surface area (Å²) in [4.78, 5) is 0. The predicted octanol–water partition coefficient (Wildman–Crippen LogP) is 2.92. The van der Waals surface area contributed by atoms with Gasteiger partial charge in [-0.3, -0.25) is 0 Å². The lowest BCUT2D eigenvalue weighted by molar-refractivity contribution is -0.0563. The fraction of sp³-hybridized carbons (Fsp3) is 0.857. The summed E-state index contributed by atoms with van der Waals surface area (Å²) < 4.78 is 6.08. The molecule has 3 rings (SSSR count). The third-order valence-electron chi connectivity index (χ3n) is 4.69. The minimum absolute atomic E-state index is 0.243. The summed E-state index contributed by atoms with van der Waals surface area (Å²) in [6.45, 7) is 0.952. The topological polar surface area (TPSA) is 35.2 Å². The Bertz CT molecular complexity index is 302. The van der Waals surface area contributed by atoms with Gasteiger partial charge in [0.15, 0.2) is 0 Å². The van der Waals surface area contributed by atoms with Gasteiger partial charge in [-0.15, -0.1) is 0 Å². The van der Waals surface area contributed by atoms with Crippen LogP contribution in [-0.2, 0) is 4.74 Å². The van der Waals surface area contributed by atoms with Gasteiger partial charge in [0.25, 0.3) is 0 Å². The van der Waals surface area contributed by atoms with Crippen LogP contribution in [0.3, 0.4) is 0 Å². The minimum Gasteiger partial charge on any atom is -0.374 e. The van der Waals surface area contributed by atoms with Gasteiger partial charge in [0.1, 0.15) is 0 Å². The molecule has 1 unspecified atom stereocenters. The first-order valence-electron chi connectivity index (χ1n) is 6.87. The van der Waals surface area contributed by atoms with Gasteiger partial charge >= 0.3 is 0 Å². The van der Waals surface area contributed by atoms with Gasteiger partial charge in [-0.1, -0.05) is 24.0 Å². The second-order valence-electron chi connectivity index (χ2n) is 5.88. The van der Waals surface area contributed by atoms with Gasteiger partial charge in [-0.05, 0) is 44.9 Å². The Morgan fingerprint density at radius 1 is 1.12 bits per heavy atom. The molecule has 0 aromatic rings. The van der Waals surface area contributed by atoms with E-state index < -0.39 is 0 Å². The van der Waals surface area contributed by atoms with Crippen molar-refractivity contribution in [2.75, 3.05) is 6.61 Å². The van der Waals surface area contributed by atoms with E-state index in [1.54, 1.807) is 11.1 Å². The van der Waals surface area contributed by atoms with Crippen LogP contribution in [-0.4, -0.2) is 18.2 Å². The zero-order valence-electron chi connectivity index (χ0n) is 10.1. The zero-order valence-corrected chi connectivity index (χ0v) is 10.1. The first-order chi connectivity index (χ1) is 7.77. The van der Waals surface area contributed by atoms with Crippen molar-refractivity contribution < 1.29 is 4.74 Å². The molecule has 0 bridgehead atoms. The second-order valence-corrected chi connectivity index (χ2v) is 5.88. The Morgan fingerprint density at radius 3 is 2.62 bits per heavy atom. The molecule has 90 valence electrons. The van der Waals surface area contributed by atoms with Crippen molar-refractivity contribution in [3.8, 4) is 0 Å². The van der Waals surface area contributed by atoms with Crippen LogP contribution in [0.25, 0.3) is 0 Å². The summed E-state index contributed by atoms with van der Waals surface area (Å²) in [5.41, 5.74) is 9.65. The minimum atomic E-state index is 0.243. The third-order valence-corrected chi connectivity index (χ3v) is 4.69. The van der Waals surface area contributed by atoms with E-state index in [0.29, 0.717) is 6.04 Å². The molecular formula is C14H23NO. The molecule has 0 radical (unpaired) electrons. The van der Waals surface area contributed by atoms with Crippen LogP contribution in [0.1, 0.15) is 57.8 Å². The highest BCUT2D eigenvalue weighted by atomic mass is 16.5. The Labute approximate surface area is 98.2 Å². The molecule has 2 saturated carbocycles. The highest BCUT2D eigenvalue weighted by Gasteiger charge is 2.38. The first-order valence-corrected chi connectivity index (χ1v) is 6.87. The summed E-state index contributed by atoms with van der Waals surface area (Å²) in [6, 6.07) is 0.435. The lowest BCUT2D eigenvalue weighted by Gasteiger charge is -2.36. The van der Waals surface area contributed by atoms with E-state index in [1.807, 2.05) is 0 Å². The molecule has 0 aromatic heterocycles. The van der Waals surface area contributed by atoms with Crippen molar-refractivity contribution >= 4 is 0 Å². The summed E-state index contributed by atoms with van der Waals surface area (Å²) in [5.74, 6) is 0. The molecule has 3 aliphatic rings. The maximum atomic E-state index is 6.08. The molecule has 0 aromatic carbocycles. The number of nitrogens with two attached hydrogens (primary N) is 1. The average Bonchev–Trinajstić information content (AvgIpc) is 2.89. The molecule has 2 heteroatoms. The summed E-state index contributed by atoms with van der Waals surface area (Å²) >= 11 is 0. The highest BCUT2D eigenvalue weighted by Crippen LogP contribution is 2.44. The van der Waals surface area contributed by atoms with Crippen molar-refractivity contribution in [2.45, 2.75) is 69.4 Å². The molecule has 2 nitrogen and oxygen atoms in total. The van der Waals surface area contributed by atoms with Gasteiger partial charge in [0.2, 0.25) is 0 Å². The molecule has 1 heterocycles. The van der Waals surface area contributed by atoms with Crippen molar-refractivity contribution in [2.24, 2.45) is 5.73 Å². The van der Waals surface area contributed by atoms with Crippen molar-refractivity contribution in [1.82, 2.24) is 0 Å². The zero-order chi connectivity index (χ0) is 11.0. The summed E-state index contributed by atoms with van der Waals surface area (Å²) in [7, 11) is 0. The van der Waals surface area contributed by atoms with E-state index in [-0.39, 0.29) is 5.60 Å². The van der Waals surface area contributed by atoms with Crippen LogP contribution in [0.15, 0.2) is 11.1 Å². The first kappa shape index (κ1) is 10.8. The van der Waals surface area contributed by atoms with Gasteiger partial charge in [-0.25, -0.2) is 0 Å². The van der Waals surface area contributed by atoms with Crippen molar-refractivity contribution in [3.05, 3.63) is 11.1 Å². The standard InChI is InChI=1S/C14H23NO/c15-13-4-3-11(9-13)12-5-8-16-14(10-12)6-1-2-7-14/h13H,1-10,15H2. The molecule has 1 atom stereocenters. The van der Waals surface area contributed by atoms with Crippen LogP contribution in [0.5, 0.6) is 0 Å².